The Morgan fingerprint density at radius 3 is 2.43 bits per heavy atom. The third kappa shape index (κ3) is 7.82. The fourth-order valence-corrected chi connectivity index (χ4v) is 6.76. The Bertz CT molecular complexity index is 1490. The molecule has 8 unspecified atom stereocenters. The number of aliphatic hydroxyl groups is 3. The van der Waals surface area contributed by atoms with Crippen molar-refractivity contribution in [2.45, 2.75) is 96.9 Å². The molecule has 2 aliphatic heterocycles. The first-order valence-electron chi connectivity index (χ1n) is 16.6. The minimum absolute atomic E-state index is 0.159. The van der Waals surface area contributed by atoms with Crippen molar-refractivity contribution in [3.8, 4) is 0 Å². The number of likely N-dealkylation sites (tertiary alicyclic amines) is 1. The number of aryl methyl sites for hydroxylation is 1. The number of amides is 2. The van der Waals surface area contributed by atoms with Gasteiger partial charge in [-0.25, -0.2) is 9.78 Å². The number of likely N-dealkylation sites (N-methyl/N-ethyl adjacent to an activating group) is 1. The molecule has 1 aromatic heterocycles. The Morgan fingerprint density at radius 1 is 1.16 bits per heavy atom. The zero-order valence-electron chi connectivity index (χ0n) is 30.0. The maximum atomic E-state index is 12.9. The van der Waals surface area contributed by atoms with Crippen molar-refractivity contribution in [2.24, 2.45) is 17.3 Å². The van der Waals surface area contributed by atoms with Crippen LogP contribution in [-0.2, 0) is 30.3 Å². The molecule has 3 heterocycles. The van der Waals surface area contributed by atoms with Gasteiger partial charge < -0.3 is 39.4 Å². The van der Waals surface area contributed by atoms with Crippen LogP contribution in [0.2, 0.25) is 0 Å². The third-order valence-electron chi connectivity index (χ3n) is 9.97. The molecular weight excluding hydrogens is 630 g/mol. The number of allylic oxidation sites excluding steroid dienone is 7. The molecule has 2 amide bonds. The summed E-state index contributed by atoms with van der Waals surface area (Å²) in [5.41, 5.74) is -3.88. The largest absolute Gasteiger partial charge is 0.457 e. The van der Waals surface area contributed by atoms with Gasteiger partial charge in [0.1, 0.15) is 17.5 Å². The first kappa shape index (κ1) is 39.6. The molecule has 1 aromatic rings. The summed E-state index contributed by atoms with van der Waals surface area (Å²) >= 11 is 0. The van der Waals surface area contributed by atoms with Gasteiger partial charge >= 0.3 is 5.97 Å². The molecule has 4 N–H and O–H groups in total. The van der Waals surface area contributed by atoms with Gasteiger partial charge in [-0.3, -0.25) is 9.59 Å². The quantitative estimate of drug-likeness (QED) is 0.150. The molecule has 12 nitrogen and oxygen atoms in total. The highest BCUT2D eigenvalue weighted by Crippen LogP contribution is 2.54. The predicted molar refractivity (Wildman–Crippen MR) is 184 cm³/mol. The number of ether oxygens (including phenoxy) is 2. The van der Waals surface area contributed by atoms with Gasteiger partial charge in [0.05, 0.1) is 35.8 Å². The van der Waals surface area contributed by atoms with Crippen molar-refractivity contribution in [1.29, 1.82) is 0 Å². The predicted octanol–water partition coefficient (Wildman–Crippen LogP) is 3.13. The van der Waals surface area contributed by atoms with Crippen LogP contribution in [0.5, 0.6) is 0 Å². The molecule has 12 heteroatoms. The summed E-state index contributed by atoms with van der Waals surface area (Å²) in [5.74, 6) is -1.31. The Labute approximate surface area is 289 Å². The minimum atomic E-state index is -1.86. The number of aliphatic hydroxyl groups excluding tert-OH is 2. The molecule has 1 spiro atoms. The fraction of sp³-hybridized carbons (Fsp3) is 0.568. The average Bonchev–Trinajstić information content (AvgIpc) is 3.55. The molecule has 0 saturated carbocycles. The monoisotopic (exact) mass is 683 g/mol. The second kappa shape index (κ2) is 16.2. The molecule has 2 fully saturated rings. The van der Waals surface area contributed by atoms with Crippen LogP contribution in [-0.4, -0.2) is 99.2 Å². The van der Waals surface area contributed by atoms with E-state index in [4.69, 9.17) is 13.9 Å². The van der Waals surface area contributed by atoms with Crippen molar-refractivity contribution >= 4 is 17.8 Å². The number of methoxy groups -OCH3 is 1. The number of carbonyl (C=O) groups is 3. The van der Waals surface area contributed by atoms with Crippen molar-refractivity contribution < 1.29 is 43.6 Å². The number of hydrogen-bond acceptors (Lipinski definition) is 10. The summed E-state index contributed by atoms with van der Waals surface area (Å²) < 4.78 is 16.3. The van der Waals surface area contributed by atoms with E-state index in [1.165, 1.54) is 19.1 Å². The van der Waals surface area contributed by atoms with E-state index in [0.717, 1.165) is 5.76 Å². The highest BCUT2D eigenvalue weighted by atomic mass is 16.6. The number of cyclic esters (lactones) is 1. The first-order chi connectivity index (χ1) is 23.0. The minimum Gasteiger partial charge on any atom is -0.457 e. The molecular formula is C37H53N3O9. The van der Waals surface area contributed by atoms with E-state index in [-0.39, 0.29) is 24.8 Å². The average molecular weight is 684 g/mol. The van der Waals surface area contributed by atoms with Crippen molar-refractivity contribution in [3.05, 3.63) is 78.1 Å². The Balaban J connectivity index is 1.49. The van der Waals surface area contributed by atoms with Gasteiger partial charge in [0.2, 0.25) is 17.4 Å². The lowest BCUT2D eigenvalue weighted by atomic mass is 9.65. The van der Waals surface area contributed by atoms with Crippen LogP contribution in [0, 0.1) is 24.2 Å². The van der Waals surface area contributed by atoms with Gasteiger partial charge in [-0.2, -0.15) is 0 Å². The van der Waals surface area contributed by atoms with Crippen molar-refractivity contribution in [2.75, 3.05) is 20.7 Å². The van der Waals surface area contributed by atoms with E-state index in [0.29, 0.717) is 17.9 Å². The molecule has 0 aliphatic carbocycles. The number of hydrogen-bond donors (Lipinski definition) is 4. The highest BCUT2D eigenvalue weighted by Gasteiger charge is 2.80. The molecule has 0 aromatic carbocycles. The lowest BCUT2D eigenvalue weighted by Gasteiger charge is -2.55. The van der Waals surface area contributed by atoms with Crippen molar-refractivity contribution in [1.82, 2.24) is 15.2 Å². The lowest BCUT2D eigenvalue weighted by molar-refractivity contribution is -0.255. The van der Waals surface area contributed by atoms with Crippen LogP contribution in [0.25, 0.3) is 0 Å². The van der Waals surface area contributed by atoms with Gasteiger partial charge in [-0.1, -0.05) is 68.5 Å². The smallest absolute Gasteiger partial charge is 0.339 e. The first-order valence-corrected chi connectivity index (χ1v) is 16.6. The van der Waals surface area contributed by atoms with E-state index >= 15 is 0 Å². The zero-order chi connectivity index (χ0) is 36.7. The van der Waals surface area contributed by atoms with Crippen LogP contribution < -0.4 is 5.32 Å². The second-order valence-corrected chi connectivity index (χ2v) is 13.6. The van der Waals surface area contributed by atoms with Crippen LogP contribution in [0.1, 0.15) is 59.6 Å². The van der Waals surface area contributed by atoms with Crippen LogP contribution in [0.15, 0.2) is 70.9 Å². The fourth-order valence-electron chi connectivity index (χ4n) is 6.76. The highest BCUT2D eigenvalue weighted by molar-refractivity contribution is 5.99. The molecule has 8 atom stereocenters. The summed E-state index contributed by atoms with van der Waals surface area (Å²) in [6.45, 7) is 12.1. The maximum Gasteiger partial charge on any atom is 0.339 e. The third-order valence-corrected chi connectivity index (χ3v) is 9.97. The van der Waals surface area contributed by atoms with E-state index in [9.17, 15) is 29.7 Å². The normalized spacial score (nSPS) is 27.4. The van der Waals surface area contributed by atoms with Gasteiger partial charge in [-0.15, -0.1) is 0 Å². The lowest BCUT2D eigenvalue weighted by Crippen LogP contribution is -2.80. The van der Waals surface area contributed by atoms with Gasteiger partial charge in [-0.05, 0) is 45.6 Å². The molecule has 2 saturated heterocycles. The number of carbonyl (C=O) groups excluding carboxylic acids is 3. The molecule has 3 rings (SSSR count). The molecule has 270 valence electrons. The molecule has 0 bridgehead atoms. The van der Waals surface area contributed by atoms with E-state index < -0.39 is 58.8 Å². The Hall–Kier alpha value is -3.84. The number of nitrogens with one attached hydrogen (secondary N) is 1. The summed E-state index contributed by atoms with van der Waals surface area (Å²) in [6.07, 6.45) is 14.7. The number of oxazole rings is 1. The van der Waals surface area contributed by atoms with Crippen molar-refractivity contribution in [3.63, 3.8) is 0 Å². The van der Waals surface area contributed by atoms with Crippen LogP contribution >= 0.6 is 0 Å². The molecule has 0 radical (unpaired) electrons. The van der Waals surface area contributed by atoms with Crippen LogP contribution in [0.3, 0.4) is 0 Å². The second-order valence-electron chi connectivity index (χ2n) is 13.6. The van der Waals surface area contributed by atoms with Crippen LogP contribution in [0.4, 0.5) is 0 Å². The SMILES string of the molecule is COC(CC(C)C(O)/C=C/C=C/CNC(=O)C(C)(C)C(O)/C(C)=C/C=C/C=C/Cc1cnc(C)o1)C1(O)C(C)C(=O)N(C)C12C(=O)OC2C. The van der Waals surface area contributed by atoms with E-state index in [1.807, 2.05) is 18.2 Å². The number of aromatic nitrogens is 1. The van der Waals surface area contributed by atoms with Gasteiger partial charge in [0.25, 0.3) is 0 Å². The summed E-state index contributed by atoms with van der Waals surface area (Å²) in [4.78, 5) is 43.9. The summed E-state index contributed by atoms with van der Waals surface area (Å²) in [6, 6.07) is 0. The number of esters is 1. The summed E-state index contributed by atoms with van der Waals surface area (Å²) in [5, 5.41) is 36.5. The standard InChI is InChI=1S/C37H53N3O9/c1-23(17-13-10-11-14-18-28-22-39-27(5)49-28)31(42)35(6,7)33(44)38-20-16-12-15-19-29(41)24(2)21-30(47-9)37(46)25(3)32(43)40(8)36(37)26(4)48-34(36)45/h10-17,19,22,24-26,29-31,41-42,46H,18,20-21H2,1-9H3,(H,38,44)/b13-10+,14-11+,16-12+,19-15+,23-17+. The van der Waals surface area contributed by atoms with E-state index in [1.54, 1.807) is 91.1 Å². The Kier molecular flexibility index (Phi) is 13.1. The maximum absolute atomic E-state index is 12.9. The number of nitrogens with zero attached hydrogens (tertiary/aromatic N) is 2. The number of rotatable bonds is 16. The molecule has 2 aliphatic rings. The molecule has 49 heavy (non-hydrogen) atoms. The zero-order valence-corrected chi connectivity index (χ0v) is 30.0. The summed E-state index contributed by atoms with van der Waals surface area (Å²) in [7, 11) is 2.89. The van der Waals surface area contributed by atoms with Gasteiger partial charge in [0, 0.05) is 34.0 Å². The topological polar surface area (TPSA) is 172 Å². The Morgan fingerprint density at radius 2 is 1.84 bits per heavy atom. The van der Waals surface area contributed by atoms with Gasteiger partial charge in [0.15, 0.2) is 5.89 Å². The van der Waals surface area contributed by atoms with E-state index in [2.05, 4.69) is 10.3 Å².